The number of morpholine rings is 1. The molecule has 76 valence electrons. The van der Waals surface area contributed by atoms with Gasteiger partial charge >= 0.3 is 0 Å². The summed E-state index contributed by atoms with van der Waals surface area (Å²) in [5.74, 6) is 0. The molecule has 1 atom stereocenters. The van der Waals surface area contributed by atoms with Gasteiger partial charge < -0.3 is 10.1 Å². The maximum absolute atomic E-state index is 5.37. The van der Waals surface area contributed by atoms with Gasteiger partial charge in [-0.15, -0.1) is 0 Å². The highest BCUT2D eigenvalue weighted by Gasteiger charge is 2.38. The molecule has 2 rings (SSSR count). The fourth-order valence-corrected chi connectivity index (χ4v) is 2.54. The summed E-state index contributed by atoms with van der Waals surface area (Å²) in [6.45, 7) is 9.81. The topological polar surface area (TPSA) is 24.5 Å². The minimum Gasteiger partial charge on any atom is -0.379 e. The van der Waals surface area contributed by atoms with Crippen LogP contribution in [-0.4, -0.2) is 49.3 Å². The molecule has 0 unspecified atom stereocenters. The summed E-state index contributed by atoms with van der Waals surface area (Å²) in [6, 6.07) is 0.705. The van der Waals surface area contributed by atoms with E-state index in [9.17, 15) is 0 Å². The van der Waals surface area contributed by atoms with Crippen molar-refractivity contribution in [1.29, 1.82) is 0 Å². The highest BCUT2D eigenvalue weighted by molar-refractivity contribution is 4.98. The molecular weight excluding hydrogens is 164 g/mol. The summed E-state index contributed by atoms with van der Waals surface area (Å²) in [6.07, 6.45) is 1.28. The Morgan fingerprint density at radius 3 is 2.54 bits per heavy atom. The van der Waals surface area contributed by atoms with E-state index in [1.807, 2.05) is 0 Å². The van der Waals surface area contributed by atoms with Crippen molar-refractivity contribution in [3.8, 4) is 0 Å². The Morgan fingerprint density at radius 2 is 2.00 bits per heavy atom. The van der Waals surface area contributed by atoms with Crippen molar-refractivity contribution in [3.63, 3.8) is 0 Å². The fourth-order valence-electron chi connectivity index (χ4n) is 2.54. The summed E-state index contributed by atoms with van der Waals surface area (Å²) in [4.78, 5) is 2.57. The molecule has 0 amide bonds. The molecule has 2 heterocycles. The monoisotopic (exact) mass is 184 g/mol. The third kappa shape index (κ3) is 1.87. The Kier molecular flexibility index (Phi) is 2.58. The minimum absolute atomic E-state index is 0.289. The molecule has 0 aromatic carbocycles. The van der Waals surface area contributed by atoms with Gasteiger partial charge in [0.25, 0.3) is 0 Å². The quantitative estimate of drug-likeness (QED) is 0.641. The summed E-state index contributed by atoms with van der Waals surface area (Å²) >= 11 is 0. The van der Waals surface area contributed by atoms with Gasteiger partial charge in [0.2, 0.25) is 0 Å². The average molecular weight is 184 g/mol. The molecule has 0 spiro atoms. The number of hydrogen-bond acceptors (Lipinski definition) is 3. The van der Waals surface area contributed by atoms with Crippen LogP contribution >= 0.6 is 0 Å². The Balaban J connectivity index is 1.98. The van der Waals surface area contributed by atoms with E-state index < -0.39 is 0 Å². The fraction of sp³-hybridized carbons (Fsp3) is 1.00. The number of nitrogens with zero attached hydrogens (tertiary/aromatic N) is 1. The minimum atomic E-state index is 0.289. The molecule has 2 aliphatic rings. The number of hydrogen-bond donors (Lipinski definition) is 1. The van der Waals surface area contributed by atoms with Crippen molar-refractivity contribution < 1.29 is 4.74 Å². The van der Waals surface area contributed by atoms with Crippen LogP contribution in [0, 0.1) is 0 Å². The summed E-state index contributed by atoms with van der Waals surface area (Å²) in [5, 5.41) is 3.56. The highest BCUT2D eigenvalue weighted by atomic mass is 16.5. The van der Waals surface area contributed by atoms with E-state index in [1.165, 1.54) is 6.42 Å². The van der Waals surface area contributed by atoms with Crippen LogP contribution in [0.1, 0.15) is 20.3 Å². The van der Waals surface area contributed by atoms with Crippen molar-refractivity contribution in [2.75, 3.05) is 32.8 Å². The van der Waals surface area contributed by atoms with Gasteiger partial charge in [-0.2, -0.15) is 0 Å². The van der Waals surface area contributed by atoms with E-state index in [0.717, 1.165) is 32.8 Å². The molecular formula is C10H20N2O. The predicted octanol–water partition coefficient (Wildman–Crippen LogP) is 0.459. The first-order valence-corrected chi connectivity index (χ1v) is 5.27. The van der Waals surface area contributed by atoms with Crippen LogP contribution in [0.5, 0.6) is 0 Å². The van der Waals surface area contributed by atoms with Crippen LogP contribution in [0.4, 0.5) is 0 Å². The van der Waals surface area contributed by atoms with Gasteiger partial charge in [0.15, 0.2) is 0 Å². The lowest BCUT2D eigenvalue weighted by molar-refractivity contribution is 0.00574. The standard InChI is InChI=1S/C10H20N2O/c1-10(2)9(3-4-11-10)12-5-7-13-8-6-12/h9,11H,3-8H2,1-2H3/t9-/m0/s1. The van der Waals surface area contributed by atoms with E-state index in [0.29, 0.717) is 6.04 Å². The Labute approximate surface area is 80.4 Å². The molecule has 0 saturated carbocycles. The lowest BCUT2D eigenvalue weighted by atomic mass is 9.95. The molecule has 13 heavy (non-hydrogen) atoms. The third-order valence-corrected chi connectivity index (χ3v) is 3.32. The average Bonchev–Trinajstić information content (AvgIpc) is 2.47. The first-order chi connectivity index (χ1) is 6.20. The van der Waals surface area contributed by atoms with E-state index in [2.05, 4.69) is 24.1 Å². The maximum atomic E-state index is 5.37. The van der Waals surface area contributed by atoms with Gasteiger partial charge in [0.1, 0.15) is 0 Å². The van der Waals surface area contributed by atoms with Crippen LogP contribution < -0.4 is 5.32 Å². The second kappa shape index (κ2) is 3.56. The molecule has 3 nitrogen and oxygen atoms in total. The van der Waals surface area contributed by atoms with Gasteiger partial charge in [-0.25, -0.2) is 0 Å². The molecule has 0 radical (unpaired) electrons. The lowest BCUT2D eigenvalue weighted by Gasteiger charge is -2.39. The second-order valence-electron chi connectivity index (χ2n) is 4.60. The summed E-state index contributed by atoms with van der Waals surface area (Å²) < 4.78 is 5.37. The molecule has 2 fully saturated rings. The summed E-state index contributed by atoms with van der Waals surface area (Å²) in [7, 11) is 0. The molecule has 1 N–H and O–H groups in total. The third-order valence-electron chi connectivity index (χ3n) is 3.32. The SMILES string of the molecule is CC1(C)NCC[C@@H]1N1CCOCC1. The number of rotatable bonds is 1. The van der Waals surface area contributed by atoms with Crippen molar-refractivity contribution in [1.82, 2.24) is 10.2 Å². The lowest BCUT2D eigenvalue weighted by Crippen LogP contribution is -2.54. The molecule has 3 heteroatoms. The zero-order chi connectivity index (χ0) is 9.31. The van der Waals surface area contributed by atoms with E-state index in [4.69, 9.17) is 4.74 Å². The Hall–Kier alpha value is -0.120. The molecule has 2 aliphatic heterocycles. The van der Waals surface area contributed by atoms with Crippen molar-refractivity contribution in [2.45, 2.75) is 31.8 Å². The first kappa shape index (κ1) is 9.44. The van der Waals surface area contributed by atoms with Crippen LogP contribution in [0.3, 0.4) is 0 Å². The number of ether oxygens (including phenoxy) is 1. The van der Waals surface area contributed by atoms with E-state index >= 15 is 0 Å². The van der Waals surface area contributed by atoms with Gasteiger partial charge in [-0.3, -0.25) is 4.90 Å². The van der Waals surface area contributed by atoms with Crippen LogP contribution in [0.25, 0.3) is 0 Å². The van der Waals surface area contributed by atoms with Gasteiger partial charge in [0, 0.05) is 24.7 Å². The molecule has 0 aromatic heterocycles. The van der Waals surface area contributed by atoms with Crippen molar-refractivity contribution in [3.05, 3.63) is 0 Å². The Morgan fingerprint density at radius 1 is 1.31 bits per heavy atom. The smallest absolute Gasteiger partial charge is 0.0594 e. The zero-order valence-electron chi connectivity index (χ0n) is 8.68. The molecule has 0 aliphatic carbocycles. The van der Waals surface area contributed by atoms with Gasteiger partial charge in [-0.05, 0) is 26.8 Å². The second-order valence-corrected chi connectivity index (χ2v) is 4.60. The largest absolute Gasteiger partial charge is 0.379 e. The summed E-state index contributed by atoms with van der Waals surface area (Å²) in [5.41, 5.74) is 0.289. The van der Waals surface area contributed by atoms with E-state index in [1.54, 1.807) is 0 Å². The maximum Gasteiger partial charge on any atom is 0.0594 e. The molecule has 0 bridgehead atoms. The number of nitrogens with one attached hydrogen (secondary N) is 1. The molecule has 2 saturated heterocycles. The van der Waals surface area contributed by atoms with Crippen molar-refractivity contribution in [2.24, 2.45) is 0 Å². The van der Waals surface area contributed by atoms with Crippen LogP contribution in [0.15, 0.2) is 0 Å². The predicted molar refractivity (Wildman–Crippen MR) is 52.9 cm³/mol. The Bertz CT molecular complexity index is 176. The van der Waals surface area contributed by atoms with Crippen LogP contribution in [0.2, 0.25) is 0 Å². The van der Waals surface area contributed by atoms with E-state index in [-0.39, 0.29) is 5.54 Å². The van der Waals surface area contributed by atoms with Gasteiger partial charge in [0.05, 0.1) is 13.2 Å². The first-order valence-electron chi connectivity index (χ1n) is 5.27. The normalized spacial score (nSPS) is 35.1. The highest BCUT2D eigenvalue weighted by Crippen LogP contribution is 2.24. The zero-order valence-corrected chi connectivity index (χ0v) is 8.68. The van der Waals surface area contributed by atoms with Crippen molar-refractivity contribution >= 4 is 0 Å². The van der Waals surface area contributed by atoms with Crippen LogP contribution in [-0.2, 0) is 4.74 Å². The van der Waals surface area contributed by atoms with Gasteiger partial charge in [-0.1, -0.05) is 0 Å². The molecule has 0 aromatic rings.